The van der Waals surface area contributed by atoms with E-state index in [-0.39, 0.29) is 5.69 Å². The minimum atomic E-state index is -0.430. The lowest BCUT2D eigenvalue weighted by Crippen LogP contribution is -2.00. The number of aromatic nitrogens is 1. The Kier molecular flexibility index (Phi) is 2.52. The molecule has 0 radical (unpaired) electrons. The second-order valence-electron chi connectivity index (χ2n) is 2.84. The third-order valence-electron chi connectivity index (χ3n) is 2.02. The van der Waals surface area contributed by atoms with Crippen LogP contribution in [0.15, 0.2) is 0 Å². The molecule has 0 aliphatic heterocycles. The summed E-state index contributed by atoms with van der Waals surface area (Å²) in [5.41, 5.74) is 1.67. The van der Waals surface area contributed by atoms with Gasteiger partial charge in [0.25, 0.3) is 5.69 Å². The standard InChI is InChI=1S/C8H9ClN2O2/c1-4-5(2)8(9)10-6(3)7(4)11(12)13/h1-3H3. The first-order valence-electron chi connectivity index (χ1n) is 3.72. The number of aryl methyl sites for hydroxylation is 1. The van der Waals surface area contributed by atoms with Gasteiger partial charge in [-0.25, -0.2) is 4.98 Å². The molecule has 1 rings (SSSR count). The maximum absolute atomic E-state index is 10.6. The first-order valence-corrected chi connectivity index (χ1v) is 4.10. The number of hydrogen-bond acceptors (Lipinski definition) is 3. The number of rotatable bonds is 1. The Morgan fingerprint density at radius 1 is 1.31 bits per heavy atom. The van der Waals surface area contributed by atoms with E-state index < -0.39 is 4.92 Å². The van der Waals surface area contributed by atoms with Crippen molar-refractivity contribution in [3.8, 4) is 0 Å². The van der Waals surface area contributed by atoms with Crippen LogP contribution in [0.1, 0.15) is 16.8 Å². The smallest absolute Gasteiger partial charge is 0.258 e. The van der Waals surface area contributed by atoms with Gasteiger partial charge in [0, 0.05) is 5.56 Å². The van der Waals surface area contributed by atoms with Crippen LogP contribution in [-0.2, 0) is 0 Å². The van der Waals surface area contributed by atoms with Crippen molar-refractivity contribution in [3.05, 3.63) is 32.1 Å². The molecule has 0 fully saturated rings. The molecule has 0 saturated heterocycles. The summed E-state index contributed by atoms with van der Waals surface area (Å²) >= 11 is 5.76. The molecule has 1 aromatic heterocycles. The van der Waals surface area contributed by atoms with Gasteiger partial charge in [-0.2, -0.15) is 0 Å². The lowest BCUT2D eigenvalue weighted by molar-refractivity contribution is -0.386. The average molecular weight is 201 g/mol. The largest absolute Gasteiger partial charge is 0.293 e. The van der Waals surface area contributed by atoms with E-state index in [0.29, 0.717) is 22.0 Å². The summed E-state index contributed by atoms with van der Waals surface area (Å²) in [6.07, 6.45) is 0. The van der Waals surface area contributed by atoms with Crippen molar-refractivity contribution < 1.29 is 4.92 Å². The zero-order valence-corrected chi connectivity index (χ0v) is 8.34. The van der Waals surface area contributed by atoms with Crippen LogP contribution in [0.25, 0.3) is 0 Å². The van der Waals surface area contributed by atoms with Crippen LogP contribution in [0.4, 0.5) is 5.69 Å². The van der Waals surface area contributed by atoms with Crippen molar-refractivity contribution in [2.75, 3.05) is 0 Å². The third-order valence-corrected chi connectivity index (χ3v) is 2.39. The highest BCUT2D eigenvalue weighted by Gasteiger charge is 2.19. The van der Waals surface area contributed by atoms with Gasteiger partial charge in [0.1, 0.15) is 10.8 Å². The van der Waals surface area contributed by atoms with Gasteiger partial charge in [-0.3, -0.25) is 10.1 Å². The van der Waals surface area contributed by atoms with Crippen molar-refractivity contribution in [2.45, 2.75) is 20.8 Å². The number of hydrogen-bond donors (Lipinski definition) is 0. The van der Waals surface area contributed by atoms with Crippen molar-refractivity contribution in [1.29, 1.82) is 0 Å². The van der Waals surface area contributed by atoms with Crippen LogP contribution in [0, 0.1) is 30.9 Å². The molecule has 1 aromatic rings. The number of nitro groups is 1. The molecule has 0 unspecified atom stereocenters. The molecule has 70 valence electrons. The van der Waals surface area contributed by atoms with E-state index in [1.54, 1.807) is 20.8 Å². The molecule has 0 N–H and O–H groups in total. The molecule has 5 heteroatoms. The van der Waals surface area contributed by atoms with Crippen LogP contribution < -0.4 is 0 Å². The molecule has 1 heterocycles. The quantitative estimate of drug-likeness (QED) is 0.398. The van der Waals surface area contributed by atoms with E-state index in [1.165, 1.54) is 0 Å². The summed E-state index contributed by atoms with van der Waals surface area (Å²) in [6.45, 7) is 4.97. The molecule has 4 nitrogen and oxygen atoms in total. The Morgan fingerprint density at radius 3 is 2.31 bits per heavy atom. The minimum absolute atomic E-state index is 0.0573. The highest BCUT2D eigenvalue weighted by atomic mass is 35.5. The number of nitrogens with zero attached hydrogens (tertiary/aromatic N) is 2. The van der Waals surface area contributed by atoms with Gasteiger partial charge in [0.2, 0.25) is 0 Å². The fourth-order valence-corrected chi connectivity index (χ4v) is 1.43. The van der Waals surface area contributed by atoms with E-state index in [4.69, 9.17) is 11.6 Å². The predicted octanol–water partition coefficient (Wildman–Crippen LogP) is 2.57. The molecule has 0 aliphatic rings. The van der Waals surface area contributed by atoms with E-state index in [9.17, 15) is 10.1 Å². The Bertz CT molecular complexity index is 377. The van der Waals surface area contributed by atoms with Crippen molar-refractivity contribution in [2.24, 2.45) is 0 Å². The van der Waals surface area contributed by atoms with Gasteiger partial charge in [-0.1, -0.05) is 11.6 Å². The molecule has 0 atom stereocenters. The first kappa shape index (κ1) is 9.92. The van der Waals surface area contributed by atoms with Crippen molar-refractivity contribution in [1.82, 2.24) is 4.98 Å². The molecule has 0 spiro atoms. The molecule has 0 aliphatic carbocycles. The molecule has 0 amide bonds. The Morgan fingerprint density at radius 2 is 1.85 bits per heavy atom. The second kappa shape index (κ2) is 3.30. The molecular formula is C8H9ClN2O2. The third kappa shape index (κ3) is 1.62. The molecular weight excluding hydrogens is 192 g/mol. The fourth-order valence-electron chi connectivity index (χ4n) is 1.16. The Labute approximate surface area is 80.7 Å². The van der Waals surface area contributed by atoms with E-state index in [0.717, 1.165) is 0 Å². The summed E-state index contributed by atoms with van der Waals surface area (Å²) in [5.74, 6) is 0. The van der Waals surface area contributed by atoms with Gasteiger partial charge in [0.05, 0.1) is 4.92 Å². The molecule has 0 bridgehead atoms. The predicted molar refractivity (Wildman–Crippen MR) is 50.1 cm³/mol. The highest BCUT2D eigenvalue weighted by Crippen LogP contribution is 2.27. The Balaban J connectivity index is 3.53. The first-order chi connectivity index (χ1) is 5.95. The summed E-state index contributed by atoms with van der Waals surface area (Å²) in [6, 6.07) is 0. The van der Waals surface area contributed by atoms with Gasteiger partial charge in [-0.05, 0) is 26.3 Å². The normalized spacial score (nSPS) is 10.2. The van der Waals surface area contributed by atoms with Crippen molar-refractivity contribution >= 4 is 17.3 Å². The topological polar surface area (TPSA) is 56.0 Å². The van der Waals surface area contributed by atoms with Crippen LogP contribution in [0.3, 0.4) is 0 Å². The van der Waals surface area contributed by atoms with E-state index >= 15 is 0 Å². The molecule has 0 saturated carbocycles. The minimum Gasteiger partial charge on any atom is -0.258 e. The SMILES string of the molecule is Cc1nc(Cl)c(C)c(C)c1[N+](=O)[O-]. The fraction of sp³-hybridized carbons (Fsp3) is 0.375. The zero-order chi connectivity index (χ0) is 10.2. The van der Waals surface area contributed by atoms with Gasteiger partial charge >= 0.3 is 0 Å². The summed E-state index contributed by atoms with van der Waals surface area (Å²) in [7, 11) is 0. The average Bonchev–Trinajstić information content (AvgIpc) is 1.99. The number of pyridine rings is 1. The van der Waals surface area contributed by atoms with Crippen LogP contribution >= 0.6 is 11.6 Å². The lowest BCUT2D eigenvalue weighted by atomic mass is 10.1. The summed E-state index contributed by atoms with van der Waals surface area (Å²) in [4.78, 5) is 14.1. The lowest BCUT2D eigenvalue weighted by Gasteiger charge is -2.05. The van der Waals surface area contributed by atoms with Crippen LogP contribution in [0.2, 0.25) is 5.15 Å². The van der Waals surface area contributed by atoms with Gasteiger partial charge in [-0.15, -0.1) is 0 Å². The number of halogens is 1. The Hall–Kier alpha value is -1.16. The molecule has 13 heavy (non-hydrogen) atoms. The van der Waals surface area contributed by atoms with Crippen molar-refractivity contribution in [3.63, 3.8) is 0 Å². The molecule has 0 aromatic carbocycles. The monoisotopic (exact) mass is 200 g/mol. The van der Waals surface area contributed by atoms with Crippen LogP contribution in [0.5, 0.6) is 0 Å². The van der Waals surface area contributed by atoms with Gasteiger partial charge < -0.3 is 0 Å². The van der Waals surface area contributed by atoms with E-state index in [1.807, 2.05) is 0 Å². The zero-order valence-electron chi connectivity index (χ0n) is 7.59. The van der Waals surface area contributed by atoms with E-state index in [2.05, 4.69) is 4.98 Å². The van der Waals surface area contributed by atoms with Crippen LogP contribution in [-0.4, -0.2) is 9.91 Å². The van der Waals surface area contributed by atoms with Gasteiger partial charge in [0.15, 0.2) is 0 Å². The second-order valence-corrected chi connectivity index (χ2v) is 3.20. The summed E-state index contributed by atoms with van der Waals surface area (Å²) in [5, 5.41) is 11.0. The maximum atomic E-state index is 10.6. The summed E-state index contributed by atoms with van der Waals surface area (Å²) < 4.78 is 0. The maximum Gasteiger partial charge on any atom is 0.293 e. The highest BCUT2D eigenvalue weighted by molar-refractivity contribution is 6.30.